The Kier molecular flexibility index (Phi) is 6.06. The zero-order valence-electron chi connectivity index (χ0n) is 11.5. The highest BCUT2D eigenvalue weighted by Crippen LogP contribution is 2.17. The van der Waals surface area contributed by atoms with E-state index in [2.05, 4.69) is 57.3 Å². The average Bonchev–Trinajstić information content (AvgIpc) is 2.34. The van der Waals surface area contributed by atoms with Gasteiger partial charge < -0.3 is 10.1 Å². The summed E-state index contributed by atoms with van der Waals surface area (Å²) in [5.74, 6) is 1.65. The van der Waals surface area contributed by atoms with Gasteiger partial charge in [0, 0.05) is 6.04 Å². The first-order chi connectivity index (χ1) is 8.13. The van der Waals surface area contributed by atoms with Crippen LogP contribution in [0, 0.1) is 5.92 Å². The molecule has 0 amide bonds. The first kappa shape index (κ1) is 14.0. The molecule has 0 aromatic heterocycles. The third-order valence-corrected chi connectivity index (χ3v) is 2.69. The molecular formula is C15H25NO. The summed E-state index contributed by atoms with van der Waals surface area (Å²) < 4.78 is 5.57. The van der Waals surface area contributed by atoms with Crippen LogP contribution in [0.3, 0.4) is 0 Å². The van der Waals surface area contributed by atoms with Crippen molar-refractivity contribution in [3.8, 4) is 5.75 Å². The van der Waals surface area contributed by atoms with Crippen LogP contribution >= 0.6 is 0 Å². The second kappa shape index (κ2) is 7.33. The van der Waals surface area contributed by atoms with E-state index in [1.54, 1.807) is 0 Å². The van der Waals surface area contributed by atoms with Crippen LogP contribution in [0.4, 0.5) is 0 Å². The van der Waals surface area contributed by atoms with Crippen molar-refractivity contribution in [2.45, 2.75) is 40.2 Å². The zero-order valence-corrected chi connectivity index (χ0v) is 11.5. The fourth-order valence-corrected chi connectivity index (χ4v) is 1.60. The van der Waals surface area contributed by atoms with E-state index in [-0.39, 0.29) is 0 Å². The summed E-state index contributed by atoms with van der Waals surface area (Å²) in [5.41, 5.74) is 1.31. The molecular weight excluding hydrogens is 210 g/mol. The molecule has 0 aliphatic heterocycles. The van der Waals surface area contributed by atoms with Gasteiger partial charge in [0.15, 0.2) is 0 Å². The topological polar surface area (TPSA) is 21.3 Å². The van der Waals surface area contributed by atoms with Gasteiger partial charge in [-0.1, -0.05) is 32.9 Å². The Morgan fingerprint density at radius 2 is 1.76 bits per heavy atom. The molecule has 2 heteroatoms. The highest BCUT2D eigenvalue weighted by molar-refractivity contribution is 5.28. The minimum absolute atomic E-state index is 0.401. The van der Waals surface area contributed by atoms with Crippen molar-refractivity contribution in [3.63, 3.8) is 0 Å². The summed E-state index contributed by atoms with van der Waals surface area (Å²) in [6, 6.07) is 8.79. The Bertz CT molecular complexity index is 305. The summed E-state index contributed by atoms with van der Waals surface area (Å²) in [6.45, 7) is 10.6. The molecule has 2 nitrogen and oxygen atoms in total. The van der Waals surface area contributed by atoms with Crippen LogP contribution in [0.2, 0.25) is 0 Å². The van der Waals surface area contributed by atoms with Crippen LogP contribution in [0.15, 0.2) is 24.3 Å². The molecule has 0 aliphatic carbocycles. The normalized spacial score (nSPS) is 12.8. The zero-order chi connectivity index (χ0) is 12.7. The average molecular weight is 235 g/mol. The smallest absolute Gasteiger partial charge is 0.119 e. The van der Waals surface area contributed by atoms with Crippen LogP contribution in [0.1, 0.15) is 45.7 Å². The number of hydrogen-bond acceptors (Lipinski definition) is 2. The number of hydrogen-bond donors (Lipinski definition) is 1. The van der Waals surface area contributed by atoms with Crippen molar-refractivity contribution in [1.82, 2.24) is 5.32 Å². The lowest BCUT2D eigenvalue weighted by atomic mass is 10.1. The Morgan fingerprint density at radius 3 is 2.29 bits per heavy atom. The summed E-state index contributed by atoms with van der Waals surface area (Å²) in [6.07, 6.45) is 1.05. The van der Waals surface area contributed by atoms with Crippen LogP contribution in [0.25, 0.3) is 0 Å². The standard InChI is InChI=1S/C15H25NO/c1-5-10-17-15-8-6-14(7-9-15)13(4)16-11-12(2)3/h6-9,12-13,16H,5,10-11H2,1-4H3. The SMILES string of the molecule is CCCOc1ccc(C(C)NCC(C)C)cc1. The van der Waals surface area contributed by atoms with Gasteiger partial charge in [-0.15, -0.1) is 0 Å². The van der Waals surface area contributed by atoms with Gasteiger partial charge in [-0.25, -0.2) is 0 Å². The lowest BCUT2D eigenvalue weighted by molar-refractivity contribution is 0.317. The van der Waals surface area contributed by atoms with E-state index in [1.165, 1.54) is 5.56 Å². The fraction of sp³-hybridized carbons (Fsp3) is 0.600. The predicted molar refractivity (Wildman–Crippen MR) is 73.5 cm³/mol. The molecule has 1 N–H and O–H groups in total. The molecule has 0 bridgehead atoms. The predicted octanol–water partition coefficient (Wildman–Crippen LogP) is 3.78. The van der Waals surface area contributed by atoms with Crippen molar-refractivity contribution in [1.29, 1.82) is 0 Å². The molecule has 1 atom stereocenters. The van der Waals surface area contributed by atoms with Crippen LogP contribution in [-0.4, -0.2) is 13.2 Å². The molecule has 1 aromatic rings. The van der Waals surface area contributed by atoms with Crippen LogP contribution in [-0.2, 0) is 0 Å². The molecule has 0 aliphatic rings. The molecule has 1 rings (SSSR count). The number of nitrogens with one attached hydrogen (secondary N) is 1. The lowest BCUT2D eigenvalue weighted by Gasteiger charge is -2.16. The summed E-state index contributed by atoms with van der Waals surface area (Å²) in [4.78, 5) is 0. The number of rotatable bonds is 7. The molecule has 0 radical (unpaired) electrons. The second-order valence-corrected chi connectivity index (χ2v) is 4.94. The van der Waals surface area contributed by atoms with E-state index < -0.39 is 0 Å². The first-order valence-corrected chi connectivity index (χ1v) is 6.59. The van der Waals surface area contributed by atoms with Crippen molar-refractivity contribution < 1.29 is 4.74 Å². The monoisotopic (exact) mass is 235 g/mol. The van der Waals surface area contributed by atoms with Crippen LogP contribution < -0.4 is 10.1 Å². The molecule has 0 heterocycles. The summed E-state index contributed by atoms with van der Waals surface area (Å²) in [5, 5.41) is 3.52. The van der Waals surface area contributed by atoms with E-state index in [4.69, 9.17) is 4.74 Å². The second-order valence-electron chi connectivity index (χ2n) is 4.94. The van der Waals surface area contributed by atoms with E-state index in [0.717, 1.165) is 25.3 Å². The lowest BCUT2D eigenvalue weighted by Crippen LogP contribution is -2.23. The first-order valence-electron chi connectivity index (χ1n) is 6.59. The largest absolute Gasteiger partial charge is 0.494 e. The third-order valence-electron chi connectivity index (χ3n) is 2.69. The number of benzene rings is 1. The fourth-order valence-electron chi connectivity index (χ4n) is 1.60. The van der Waals surface area contributed by atoms with Gasteiger partial charge in [0.05, 0.1) is 6.61 Å². The highest BCUT2D eigenvalue weighted by atomic mass is 16.5. The van der Waals surface area contributed by atoms with E-state index in [1.807, 2.05) is 0 Å². The van der Waals surface area contributed by atoms with Crippen molar-refractivity contribution in [2.75, 3.05) is 13.2 Å². The van der Waals surface area contributed by atoms with Crippen molar-refractivity contribution >= 4 is 0 Å². The maximum atomic E-state index is 5.57. The Morgan fingerprint density at radius 1 is 1.12 bits per heavy atom. The molecule has 96 valence electrons. The van der Waals surface area contributed by atoms with Crippen molar-refractivity contribution in [2.24, 2.45) is 5.92 Å². The maximum Gasteiger partial charge on any atom is 0.119 e. The van der Waals surface area contributed by atoms with E-state index in [0.29, 0.717) is 12.0 Å². The Hall–Kier alpha value is -1.02. The molecule has 17 heavy (non-hydrogen) atoms. The van der Waals surface area contributed by atoms with Crippen LogP contribution in [0.5, 0.6) is 5.75 Å². The minimum atomic E-state index is 0.401. The van der Waals surface area contributed by atoms with Gasteiger partial charge in [0.25, 0.3) is 0 Å². The number of ether oxygens (including phenoxy) is 1. The quantitative estimate of drug-likeness (QED) is 0.776. The van der Waals surface area contributed by atoms with Crippen molar-refractivity contribution in [3.05, 3.63) is 29.8 Å². The van der Waals surface area contributed by atoms with Gasteiger partial charge in [0.1, 0.15) is 5.75 Å². The molecule has 0 saturated carbocycles. The summed E-state index contributed by atoms with van der Waals surface area (Å²) >= 11 is 0. The Balaban J connectivity index is 2.48. The molecule has 1 aromatic carbocycles. The minimum Gasteiger partial charge on any atom is -0.494 e. The van der Waals surface area contributed by atoms with E-state index >= 15 is 0 Å². The van der Waals surface area contributed by atoms with Gasteiger partial charge >= 0.3 is 0 Å². The van der Waals surface area contributed by atoms with Gasteiger partial charge in [0.2, 0.25) is 0 Å². The highest BCUT2D eigenvalue weighted by Gasteiger charge is 2.05. The van der Waals surface area contributed by atoms with Gasteiger partial charge in [-0.2, -0.15) is 0 Å². The third kappa shape index (κ3) is 5.22. The van der Waals surface area contributed by atoms with E-state index in [9.17, 15) is 0 Å². The molecule has 0 fully saturated rings. The molecule has 0 spiro atoms. The van der Waals surface area contributed by atoms with Gasteiger partial charge in [-0.3, -0.25) is 0 Å². The summed E-state index contributed by atoms with van der Waals surface area (Å²) in [7, 11) is 0. The maximum absolute atomic E-state index is 5.57. The van der Waals surface area contributed by atoms with Gasteiger partial charge in [-0.05, 0) is 43.5 Å². The molecule has 1 unspecified atom stereocenters. The molecule has 0 saturated heterocycles. The Labute approximate surface area is 105 Å².